The summed E-state index contributed by atoms with van der Waals surface area (Å²) in [7, 11) is 0. The molecular weight excluding hydrogens is 283 g/mol. The van der Waals surface area contributed by atoms with Crippen molar-refractivity contribution >= 4 is 23.2 Å². The molecule has 2 aliphatic heterocycles. The highest BCUT2D eigenvalue weighted by Gasteiger charge is 2.36. The Hall–Kier alpha value is -0.320. The number of nitrogens with two attached hydrogens (primary N) is 1. The van der Waals surface area contributed by atoms with Gasteiger partial charge in [0.05, 0.1) is 22.3 Å². The SMILES string of the molecule is NCC(c1ccc(Cl)c(Cl)c1)N1CC2CCC(C1)O2. The minimum Gasteiger partial charge on any atom is -0.372 e. The van der Waals surface area contributed by atoms with Crippen LogP contribution in [0, 0.1) is 0 Å². The highest BCUT2D eigenvalue weighted by molar-refractivity contribution is 6.42. The minimum absolute atomic E-state index is 0.196. The van der Waals surface area contributed by atoms with Gasteiger partial charge in [-0.1, -0.05) is 29.3 Å². The molecule has 0 aliphatic carbocycles. The van der Waals surface area contributed by atoms with Gasteiger partial charge in [0, 0.05) is 25.7 Å². The molecule has 104 valence electrons. The molecule has 0 saturated carbocycles. The maximum atomic E-state index is 6.11. The monoisotopic (exact) mass is 300 g/mol. The molecule has 1 aromatic carbocycles. The summed E-state index contributed by atoms with van der Waals surface area (Å²) < 4.78 is 5.87. The van der Waals surface area contributed by atoms with Gasteiger partial charge in [-0.15, -0.1) is 0 Å². The van der Waals surface area contributed by atoms with Crippen LogP contribution >= 0.6 is 23.2 Å². The number of hydrogen-bond donors (Lipinski definition) is 1. The van der Waals surface area contributed by atoms with Crippen molar-refractivity contribution in [2.24, 2.45) is 5.73 Å². The Morgan fingerprint density at radius 3 is 2.47 bits per heavy atom. The van der Waals surface area contributed by atoms with E-state index in [0.29, 0.717) is 28.8 Å². The van der Waals surface area contributed by atoms with E-state index in [1.165, 1.54) is 12.8 Å². The van der Waals surface area contributed by atoms with Crippen LogP contribution in [0.2, 0.25) is 10.0 Å². The van der Waals surface area contributed by atoms with Crippen molar-refractivity contribution in [3.63, 3.8) is 0 Å². The van der Waals surface area contributed by atoms with E-state index in [9.17, 15) is 0 Å². The first-order chi connectivity index (χ1) is 9.17. The van der Waals surface area contributed by atoms with Gasteiger partial charge in [0.1, 0.15) is 0 Å². The molecule has 3 unspecified atom stereocenters. The van der Waals surface area contributed by atoms with Crippen LogP contribution in [0.15, 0.2) is 18.2 Å². The second kappa shape index (κ2) is 5.58. The fraction of sp³-hybridized carbons (Fsp3) is 0.571. The summed E-state index contributed by atoms with van der Waals surface area (Å²) in [6.45, 7) is 2.49. The molecule has 2 heterocycles. The molecule has 0 aromatic heterocycles. The number of hydrogen-bond acceptors (Lipinski definition) is 3. The van der Waals surface area contributed by atoms with Crippen LogP contribution in [0.1, 0.15) is 24.4 Å². The first-order valence-electron chi connectivity index (χ1n) is 6.72. The van der Waals surface area contributed by atoms with Crippen molar-refractivity contribution in [2.45, 2.75) is 31.1 Å². The summed E-state index contributed by atoms with van der Waals surface area (Å²) in [5, 5.41) is 1.18. The van der Waals surface area contributed by atoms with E-state index < -0.39 is 0 Å². The molecule has 0 amide bonds. The van der Waals surface area contributed by atoms with E-state index >= 15 is 0 Å². The average Bonchev–Trinajstić information content (AvgIpc) is 2.74. The van der Waals surface area contributed by atoms with Gasteiger partial charge in [-0.05, 0) is 30.5 Å². The number of rotatable bonds is 3. The number of nitrogens with zero attached hydrogens (tertiary/aromatic N) is 1. The topological polar surface area (TPSA) is 38.5 Å². The zero-order valence-electron chi connectivity index (χ0n) is 10.7. The zero-order chi connectivity index (χ0) is 13.4. The number of ether oxygens (including phenoxy) is 1. The van der Waals surface area contributed by atoms with Crippen LogP contribution in [0.25, 0.3) is 0 Å². The van der Waals surface area contributed by atoms with Gasteiger partial charge in [0.2, 0.25) is 0 Å². The Morgan fingerprint density at radius 2 is 1.89 bits per heavy atom. The first-order valence-corrected chi connectivity index (χ1v) is 7.47. The van der Waals surface area contributed by atoms with E-state index in [0.717, 1.165) is 18.7 Å². The molecule has 3 atom stereocenters. The highest BCUT2D eigenvalue weighted by Crippen LogP contribution is 2.33. The summed E-state index contributed by atoms with van der Waals surface area (Å²) in [5.74, 6) is 0. The predicted octanol–water partition coefficient (Wildman–Crippen LogP) is 2.86. The van der Waals surface area contributed by atoms with Gasteiger partial charge < -0.3 is 10.5 Å². The lowest BCUT2D eigenvalue weighted by Gasteiger charge is -2.37. The molecule has 2 saturated heterocycles. The van der Waals surface area contributed by atoms with Crippen molar-refractivity contribution in [2.75, 3.05) is 19.6 Å². The van der Waals surface area contributed by atoms with Crippen LogP contribution in [-0.4, -0.2) is 36.7 Å². The molecule has 0 radical (unpaired) electrons. The van der Waals surface area contributed by atoms with Crippen molar-refractivity contribution < 1.29 is 4.74 Å². The fourth-order valence-electron chi connectivity index (χ4n) is 3.12. The molecule has 2 bridgehead atoms. The van der Waals surface area contributed by atoms with Crippen molar-refractivity contribution in [3.8, 4) is 0 Å². The van der Waals surface area contributed by atoms with Crippen molar-refractivity contribution in [1.82, 2.24) is 4.90 Å². The maximum Gasteiger partial charge on any atom is 0.0707 e. The standard InChI is InChI=1S/C14H18Cl2N2O/c15-12-4-1-9(5-13(12)16)14(6-17)18-7-10-2-3-11(8-18)19-10/h1,4-5,10-11,14H,2-3,6-8,17H2. The van der Waals surface area contributed by atoms with Crippen LogP contribution < -0.4 is 5.73 Å². The van der Waals surface area contributed by atoms with E-state index in [1.807, 2.05) is 18.2 Å². The highest BCUT2D eigenvalue weighted by atomic mass is 35.5. The van der Waals surface area contributed by atoms with Crippen molar-refractivity contribution in [1.29, 1.82) is 0 Å². The van der Waals surface area contributed by atoms with Gasteiger partial charge >= 0.3 is 0 Å². The fourth-order valence-corrected chi connectivity index (χ4v) is 3.42. The lowest BCUT2D eigenvalue weighted by atomic mass is 10.0. The summed E-state index contributed by atoms with van der Waals surface area (Å²) in [4.78, 5) is 2.42. The summed E-state index contributed by atoms with van der Waals surface area (Å²) in [6, 6.07) is 5.99. The normalized spacial score (nSPS) is 28.6. The quantitative estimate of drug-likeness (QED) is 0.933. The Kier molecular flexibility index (Phi) is 4.01. The van der Waals surface area contributed by atoms with Crippen molar-refractivity contribution in [3.05, 3.63) is 33.8 Å². The number of likely N-dealkylation sites (tertiary alicyclic amines) is 1. The van der Waals surface area contributed by atoms with Crippen LogP contribution in [-0.2, 0) is 4.74 Å². The lowest BCUT2D eigenvalue weighted by Crippen LogP contribution is -2.46. The second-order valence-electron chi connectivity index (χ2n) is 5.34. The zero-order valence-corrected chi connectivity index (χ0v) is 12.2. The number of fused-ring (bicyclic) bond motifs is 2. The third-order valence-electron chi connectivity index (χ3n) is 4.06. The van der Waals surface area contributed by atoms with Gasteiger partial charge in [-0.2, -0.15) is 0 Å². The molecular formula is C14H18Cl2N2O. The first kappa shape index (κ1) is 13.7. The number of benzene rings is 1. The maximum absolute atomic E-state index is 6.11. The summed E-state index contributed by atoms with van der Waals surface area (Å²) in [6.07, 6.45) is 3.07. The number of halogens is 2. The Balaban J connectivity index is 1.81. The Morgan fingerprint density at radius 1 is 1.21 bits per heavy atom. The van der Waals surface area contributed by atoms with E-state index in [-0.39, 0.29) is 6.04 Å². The Labute approximate surface area is 123 Å². The largest absolute Gasteiger partial charge is 0.372 e. The third kappa shape index (κ3) is 2.76. The minimum atomic E-state index is 0.196. The van der Waals surface area contributed by atoms with Crippen LogP contribution in [0.4, 0.5) is 0 Å². The second-order valence-corrected chi connectivity index (χ2v) is 6.15. The smallest absolute Gasteiger partial charge is 0.0707 e. The van der Waals surface area contributed by atoms with Gasteiger partial charge in [-0.25, -0.2) is 0 Å². The van der Waals surface area contributed by atoms with Gasteiger partial charge in [0.25, 0.3) is 0 Å². The molecule has 2 N–H and O–H groups in total. The van der Waals surface area contributed by atoms with Gasteiger partial charge in [0.15, 0.2) is 0 Å². The third-order valence-corrected chi connectivity index (χ3v) is 4.80. The van der Waals surface area contributed by atoms with Crippen LogP contribution in [0.3, 0.4) is 0 Å². The number of morpholine rings is 1. The molecule has 3 nitrogen and oxygen atoms in total. The van der Waals surface area contributed by atoms with Gasteiger partial charge in [-0.3, -0.25) is 4.90 Å². The molecule has 0 spiro atoms. The molecule has 1 aromatic rings. The lowest BCUT2D eigenvalue weighted by molar-refractivity contribution is -0.0521. The molecule has 19 heavy (non-hydrogen) atoms. The molecule has 5 heteroatoms. The molecule has 2 fully saturated rings. The summed E-state index contributed by atoms with van der Waals surface area (Å²) >= 11 is 12.1. The summed E-state index contributed by atoms with van der Waals surface area (Å²) in [5.41, 5.74) is 7.11. The van der Waals surface area contributed by atoms with Crippen LogP contribution in [0.5, 0.6) is 0 Å². The molecule has 3 rings (SSSR count). The predicted molar refractivity (Wildman–Crippen MR) is 77.7 cm³/mol. The van der Waals surface area contributed by atoms with E-state index in [2.05, 4.69) is 4.90 Å². The molecule has 2 aliphatic rings. The average molecular weight is 301 g/mol. The van der Waals surface area contributed by atoms with E-state index in [4.69, 9.17) is 33.7 Å². The Bertz CT molecular complexity index is 457. The van der Waals surface area contributed by atoms with E-state index in [1.54, 1.807) is 0 Å².